The van der Waals surface area contributed by atoms with Crippen molar-refractivity contribution in [3.63, 3.8) is 0 Å². The summed E-state index contributed by atoms with van der Waals surface area (Å²) < 4.78 is 14.4. The highest BCUT2D eigenvalue weighted by atomic mass is 79.9. The van der Waals surface area contributed by atoms with Crippen molar-refractivity contribution >= 4 is 48.4 Å². The van der Waals surface area contributed by atoms with E-state index in [0.717, 1.165) is 20.4 Å². The molecular formula is C10H11BrN2OS2. The fraction of sp³-hybridized carbons (Fsp3) is 0.400. The number of fused-ring (bicyclic) bond motifs is 1. The van der Waals surface area contributed by atoms with Gasteiger partial charge in [-0.25, -0.2) is 9.97 Å². The number of rotatable bonds is 2. The number of hydrogen-bond donors (Lipinski definition) is 0. The van der Waals surface area contributed by atoms with Gasteiger partial charge in [-0.3, -0.25) is 4.21 Å². The summed E-state index contributed by atoms with van der Waals surface area (Å²) in [6.45, 7) is 5.86. The molecule has 0 fully saturated rings. The van der Waals surface area contributed by atoms with Gasteiger partial charge in [0, 0.05) is 10.2 Å². The lowest BCUT2D eigenvalue weighted by Crippen LogP contribution is -1.92. The molecule has 2 rings (SSSR count). The fourth-order valence-corrected chi connectivity index (χ4v) is 3.99. The van der Waals surface area contributed by atoms with Gasteiger partial charge in [0.05, 0.1) is 21.2 Å². The second-order valence-electron chi connectivity index (χ2n) is 3.40. The highest BCUT2D eigenvalue weighted by Gasteiger charge is 2.14. The molecule has 0 bridgehead atoms. The summed E-state index contributed by atoms with van der Waals surface area (Å²) in [6, 6.07) is 0. The molecule has 0 aliphatic rings. The van der Waals surface area contributed by atoms with E-state index < -0.39 is 10.8 Å². The summed E-state index contributed by atoms with van der Waals surface area (Å²) in [5.41, 5.74) is 2.75. The maximum atomic E-state index is 11.7. The predicted molar refractivity (Wildman–Crippen MR) is 71.5 cm³/mol. The van der Waals surface area contributed by atoms with Gasteiger partial charge in [-0.1, -0.05) is 6.92 Å². The van der Waals surface area contributed by atoms with Gasteiger partial charge < -0.3 is 0 Å². The van der Waals surface area contributed by atoms with Crippen LogP contribution < -0.4 is 0 Å². The zero-order valence-electron chi connectivity index (χ0n) is 9.20. The first kappa shape index (κ1) is 12.1. The van der Waals surface area contributed by atoms with Crippen LogP contribution in [-0.2, 0) is 10.8 Å². The Bertz CT molecular complexity index is 580. The van der Waals surface area contributed by atoms with Crippen molar-refractivity contribution in [1.82, 2.24) is 9.97 Å². The Balaban J connectivity index is 2.71. The molecule has 0 aliphatic heterocycles. The summed E-state index contributed by atoms with van der Waals surface area (Å²) in [5.74, 6) is 0.596. The fourth-order valence-electron chi connectivity index (χ4n) is 1.41. The molecule has 2 heterocycles. The molecule has 0 saturated carbocycles. The zero-order chi connectivity index (χ0) is 11.9. The van der Waals surface area contributed by atoms with Crippen molar-refractivity contribution < 1.29 is 4.21 Å². The number of nitrogens with zero attached hydrogens (tertiary/aromatic N) is 2. The lowest BCUT2D eigenvalue weighted by molar-refractivity contribution is 0.683. The van der Waals surface area contributed by atoms with Crippen LogP contribution in [0.25, 0.3) is 10.3 Å². The minimum atomic E-state index is -0.992. The van der Waals surface area contributed by atoms with Crippen LogP contribution in [0.1, 0.15) is 18.2 Å². The molecule has 0 radical (unpaired) electrons. The third kappa shape index (κ3) is 1.94. The molecule has 0 aromatic carbocycles. The van der Waals surface area contributed by atoms with E-state index in [0.29, 0.717) is 15.7 Å². The summed E-state index contributed by atoms with van der Waals surface area (Å²) >= 11 is 4.98. The highest BCUT2D eigenvalue weighted by molar-refractivity contribution is 9.10. The van der Waals surface area contributed by atoms with E-state index in [-0.39, 0.29) is 0 Å². The monoisotopic (exact) mass is 318 g/mol. The highest BCUT2D eigenvalue weighted by Crippen LogP contribution is 2.32. The van der Waals surface area contributed by atoms with Crippen LogP contribution in [0.15, 0.2) is 8.81 Å². The predicted octanol–water partition coefficient (Wildman–Crippen LogP) is 3.20. The van der Waals surface area contributed by atoms with Crippen LogP contribution in [0.5, 0.6) is 0 Å². The molecule has 6 heteroatoms. The van der Waals surface area contributed by atoms with Crippen LogP contribution in [0.2, 0.25) is 0 Å². The molecule has 16 heavy (non-hydrogen) atoms. The van der Waals surface area contributed by atoms with Crippen LogP contribution in [0.3, 0.4) is 0 Å². The van der Waals surface area contributed by atoms with Crippen molar-refractivity contribution in [1.29, 1.82) is 0 Å². The third-order valence-corrected chi connectivity index (χ3v) is 6.25. The second kappa shape index (κ2) is 4.50. The lowest BCUT2D eigenvalue weighted by atomic mass is 10.2. The second-order valence-corrected chi connectivity index (χ2v) is 7.11. The Labute approximate surface area is 109 Å². The van der Waals surface area contributed by atoms with Crippen LogP contribution >= 0.6 is 27.3 Å². The largest absolute Gasteiger partial charge is 0.252 e. The Morgan fingerprint density at radius 2 is 2.06 bits per heavy atom. The molecular weight excluding hydrogens is 308 g/mol. The number of thiazole rings is 1. The zero-order valence-corrected chi connectivity index (χ0v) is 12.4. The van der Waals surface area contributed by atoms with E-state index in [9.17, 15) is 4.21 Å². The van der Waals surface area contributed by atoms with Crippen LogP contribution in [0.4, 0.5) is 0 Å². The quantitative estimate of drug-likeness (QED) is 0.854. The van der Waals surface area contributed by atoms with E-state index in [1.54, 1.807) is 0 Å². The van der Waals surface area contributed by atoms with E-state index >= 15 is 0 Å². The van der Waals surface area contributed by atoms with Crippen LogP contribution in [-0.4, -0.2) is 19.9 Å². The van der Waals surface area contributed by atoms with E-state index in [1.807, 2.05) is 20.8 Å². The molecule has 0 N–H and O–H groups in total. The first-order valence-corrected chi connectivity index (χ1v) is 7.79. The molecule has 0 spiro atoms. The summed E-state index contributed by atoms with van der Waals surface area (Å²) in [4.78, 5) is 8.72. The van der Waals surface area contributed by atoms with Crippen molar-refractivity contribution in [2.75, 3.05) is 5.75 Å². The van der Waals surface area contributed by atoms with E-state index in [2.05, 4.69) is 25.9 Å². The average molecular weight is 319 g/mol. The van der Waals surface area contributed by atoms with Crippen molar-refractivity contribution in [2.24, 2.45) is 0 Å². The first-order valence-electron chi connectivity index (χ1n) is 4.86. The smallest absolute Gasteiger partial charge is 0.183 e. The molecule has 0 saturated heterocycles. The van der Waals surface area contributed by atoms with Gasteiger partial charge in [-0.2, -0.15) is 0 Å². The SMILES string of the molecule is CC[S@@](=O)c1nc2nc(C)c(Br)c(C)c2s1. The van der Waals surface area contributed by atoms with Gasteiger partial charge >= 0.3 is 0 Å². The van der Waals surface area contributed by atoms with Crippen molar-refractivity contribution in [3.05, 3.63) is 15.7 Å². The molecule has 0 amide bonds. The van der Waals surface area contributed by atoms with Gasteiger partial charge in [0.1, 0.15) is 0 Å². The molecule has 3 nitrogen and oxygen atoms in total. The summed E-state index contributed by atoms with van der Waals surface area (Å²) in [5, 5.41) is 0. The van der Waals surface area contributed by atoms with Gasteiger partial charge in [0.15, 0.2) is 9.99 Å². The molecule has 2 aromatic rings. The number of hydrogen-bond acceptors (Lipinski definition) is 4. The Kier molecular flexibility index (Phi) is 3.42. The Hall–Kier alpha value is -0.330. The number of halogens is 1. The Morgan fingerprint density at radius 3 is 2.69 bits per heavy atom. The maximum Gasteiger partial charge on any atom is 0.183 e. The molecule has 1 atom stereocenters. The molecule has 0 unspecified atom stereocenters. The Morgan fingerprint density at radius 1 is 1.38 bits per heavy atom. The molecule has 86 valence electrons. The molecule has 0 aliphatic carbocycles. The van der Waals surface area contributed by atoms with Gasteiger partial charge in [-0.15, -0.1) is 11.3 Å². The molecule has 2 aromatic heterocycles. The summed E-state index contributed by atoms with van der Waals surface area (Å²) in [6.07, 6.45) is 0. The van der Waals surface area contributed by atoms with E-state index in [1.165, 1.54) is 11.3 Å². The number of aryl methyl sites for hydroxylation is 2. The van der Waals surface area contributed by atoms with Gasteiger partial charge in [0.2, 0.25) is 0 Å². The minimum absolute atomic E-state index is 0.596. The number of pyridine rings is 1. The average Bonchev–Trinajstić information content (AvgIpc) is 2.69. The van der Waals surface area contributed by atoms with Crippen LogP contribution in [0, 0.1) is 13.8 Å². The van der Waals surface area contributed by atoms with Crippen molar-refractivity contribution in [3.8, 4) is 0 Å². The lowest BCUT2D eigenvalue weighted by Gasteiger charge is -2.01. The first-order chi connectivity index (χ1) is 7.54. The maximum absolute atomic E-state index is 11.7. The van der Waals surface area contributed by atoms with Gasteiger partial charge in [0.25, 0.3) is 0 Å². The minimum Gasteiger partial charge on any atom is -0.252 e. The van der Waals surface area contributed by atoms with E-state index in [4.69, 9.17) is 0 Å². The normalized spacial score (nSPS) is 13.2. The topological polar surface area (TPSA) is 42.9 Å². The van der Waals surface area contributed by atoms with Gasteiger partial charge in [-0.05, 0) is 35.3 Å². The third-order valence-electron chi connectivity index (χ3n) is 2.31. The summed E-state index contributed by atoms with van der Waals surface area (Å²) in [7, 11) is -0.992. The van der Waals surface area contributed by atoms with Crippen molar-refractivity contribution in [2.45, 2.75) is 25.1 Å². The standard InChI is InChI=1S/C10H11BrN2OS2/c1-4-16(14)10-13-9-8(15-10)5(2)7(11)6(3)12-9/h4H2,1-3H3/t16-/m1/s1. The number of aromatic nitrogens is 2.